The van der Waals surface area contributed by atoms with Gasteiger partial charge in [0.25, 0.3) is 0 Å². The molecule has 1 aliphatic heterocycles. The SMILES string of the molecule is COC1CC2(CCN(Cc3cnn(C)c3)CC2)c2ccc(C)cc21. The van der Waals surface area contributed by atoms with E-state index in [1.807, 2.05) is 25.0 Å². The molecule has 1 saturated heterocycles. The van der Waals surface area contributed by atoms with Crippen LogP contribution in [-0.2, 0) is 23.7 Å². The summed E-state index contributed by atoms with van der Waals surface area (Å²) in [5.74, 6) is 0. The highest BCUT2D eigenvalue weighted by Crippen LogP contribution is 2.52. The van der Waals surface area contributed by atoms with Crippen molar-refractivity contribution < 1.29 is 4.74 Å². The van der Waals surface area contributed by atoms with Crippen molar-refractivity contribution in [2.45, 2.75) is 44.2 Å². The summed E-state index contributed by atoms with van der Waals surface area (Å²) in [5, 5.41) is 4.29. The molecule has 1 unspecified atom stereocenters. The Morgan fingerprint density at radius 1 is 1.29 bits per heavy atom. The molecule has 0 amide bonds. The summed E-state index contributed by atoms with van der Waals surface area (Å²) < 4.78 is 7.71. The van der Waals surface area contributed by atoms with Gasteiger partial charge in [0, 0.05) is 37.9 Å². The first-order valence-electron chi connectivity index (χ1n) is 8.93. The lowest BCUT2D eigenvalue weighted by Gasteiger charge is -2.40. The number of methoxy groups -OCH3 is 1. The molecule has 1 aromatic carbocycles. The van der Waals surface area contributed by atoms with Crippen LogP contribution in [0.5, 0.6) is 0 Å². The van der Waals surface area contributed by atoms with E-state index in [0.29, 0.717) is 5.41 Å². The molecular weight excluding hydrogens is 298 g/mol. The zero-order valence-electron chi connectivity index (χ0n) is 15.0. The molecule has 4 nitrogen and oxygen atoms in total. The molecule has 4 heteroatoms. The maximum atomic E-state index is 5.82. The first-order valence-corrected chi connectivity index (χ1v) is 8.93. The number of rotatable bonds is 3. The molecule has 2 aliphatic rings. The zero-order chi connectivity index (χ0) is 16.7. The number of piperidine rings is 1. The number of aryl methyl sites for hydroxylation is 2. The standard InChI is InChI=1S/C20H27N3O/c1-15-4-5-18-17(10-15)19(24-3)11-20(18)6-8-23(9-7-20)14-16-12-21-22(2)13-16/h4-5,10,12-13,19H,6-9,11,14H2,1-3H3. The molecule has 1 spiro atoms. The number of likely N-dealkylation sites (tertiary alicyclic amines) is 1. The van der Waals surface area contributed by atoms with Crippen molar-refractivity contribution >= 4 is 0 Å². The number of benzene rings is 1. The van der Waals surface area contributed by atoms with E-state index >= 15 is 0 Å². The number of aromatic nitrogens is 2. The Balaban J connectivity index is 1.51. The topological polar surface area (TPSA) is 30.3 Å². The maximum Gasteiger partial charge on any atom is 0.0832 e. The van der Waals surface area contributed by atoms with Gasteiger partial charge < -0.3 is 4.74 Å². The van der Waals surface area contributed by atoms with Gasteiger partial charge in [-0.25, -0.2) is 0 Å². The Hall–Kier alpha value is -1.65. The number of ether oxygens (including phenoxy) is 1. The smallest absolute Gasteiger partial charge is 0.0832 e. The average molecular weight is 325 g/mol. The summed E-state index contributed by atoms with van der Waals surface area (Å²) in [6, 6.07) is 6.96. The lowest BCUT2D eigenvalue weighted by atomic mass is 9.73. The molecule has 1 atom stereocenters. The summed E-state index contributed by atoms with van der Waals surface area (Å²) in [4.78, 5) is 2.57. The molecule has 0 radical (unpaired) electrons. The van der Waals surface area contributed by atoms with Gasteiger partial charge in [-0.3, -0.25) is 9.58 Å². The first kappa shape index (κ1) is 15.9. The van der Waals surface area contributed by atoms with Gasteiger partial charge in [-0.05, 0) is 50.4 Å². The lowest BCUT2D eigenvalue weighted by molar-refractivity contribution is 0.0687. The fraction of sp³-hybridized carbons (Fsp3) is 0.550. The third-order valence-corrected chi connectivity index (χ3v) is 5.96. The minimum absolute atomic E-state index is 0.268. The van der Waals surface area contributed by atoms with E-state index in [1.165, 1.54) is 29.5 Å². The van der Waals surface area contributed by atoms with E-state index in [9.17, 15) is 0 Å². The lowest BCUT2D eigenvalue weighted by Crippen LogP contribution is -2.41. The van der Waals surface area contributed by atoms with E-state index in [2.05, 4.69) is 41.3 Å². The Bertz CT molecular complexity index is 728. The molecule has 1 fully saturated rings. The molecule has 24 heavy (non-hydrogen) atoms. The van der Waals surface area contributed by atoms with Crippen molar-refractivity contribution in [1.29, 1.82) is 0 Å². The van der Waals surface area contributed by atoms with Crippen LogP contribution in [0.15, 0.2) is 30.6 Å². The van der Waals surface area contributed by atoms with Crippen molar-refractivity contribution in [3.8, 4) is 0 Å². The van der Waals surface area contributed by atoms with Gasteiger partial charge in [0.2, 0.25) is 0 Å². The second kappa shape index (κ2) is 6.01. The normalized spacial score (nSPS) is 22.9. The van der Waals surface area contributed by atoms with Crippen molar-refractivity contribution in [2.24, 2.45) is 7.05 Å². The molecule has 4 rings (SSSR count). The van der Waals surface area contributed by atoms with Crippen LogP contribution in [0, 0.1) is 6.92 Å². The van der Waals surface area contributed by atoms with Crippen LogP contribution in [-0.4, -0.2) is 34.9 Å². The van der Waals surface area contributed by atoms with Gasteiger partial charge in [-0.15, -0.1) is 0 Å². The van der Waals surface area contributed by atoms with Gasteiger partial charge in [-0.1, -0.05) is 23.8 Å². The second-order valence-electron chi connectivity index (χ2n) is 7.60. The maximum absolute atomic E-state index is 5.82. The van der Waals surface area contributed by atoms with Crippen LogP contribution in [0.25, 0.3) is 0 Å². The molecule has 2 aromatic rings. The van der Waals surface area contributed by atoms with Crippen LogP contribution >= 0.6 is 0 Å². The predicted molar refractivity (Wildman–Crippen MR) is 94.9 cm³/mol. The van der Waals surface area contributed by atoms with Gasteiger partial charge in [0.1, 0.15) is 0 Å². The molecule has 1 aliphatic carbocycles. The number of nitrogens with zero attached hydrogens (tertiary/aromatic N) is 3. The monoisotopic (exact) mass is 325 g/mol. The van der Waals surface area contributed by atoms with Gasteiger partial charge in [-0.2, -0.15) is 5.10 Å². The molecule has 0 saturated carbocycles. The van der Waals surface area contributed by atoms with Crippen molar-refractivity contribution in [2.75, 3.05) is 20.2 Å². The summed E-state index contributed by atoms with van der Waals surface area (Å²) in [7, 11) is 3.84. The number of hydrogen-bond donors (Lipinski definition) is 0. The van der Waals surface area contributed by atoms with Gasteiger partial charge in [0.15, 0.2) is 0 Å². The third-order valence-electron chi connectivity index (χ3n) is 5.96. The average Bonchev–Trinajstić information content (AvgIpc) is 3.11. The Labute approximate surface area is 144 Å². The van der Waals surface area contributed by atoms with Crippen LogP contribution in [0.3, 0.4) is 0 Å². The quantitative estimate of drug-likeness (QED) is 0.867. The van der Waals surface area contributed by atoms with E-state index in [-0.39, 0.29) is 6.10 Å². The van der Waals surface area contributed by atoms with Crippen molar-refractivity contribution in [3.63, 3.8) is 0 Å². The minimum atomic E-state index is 0.268. The summed E-state index contributed by atoms with van der Waals surface area (Å²) in [6.45, 7) is 5.49. The first-order chi connectivity index (χ1) is 11.6. The molecule has 0 N–H and O–H groups in total. The molecular formula is C20H27N3O. The third kappa shape index (κ3) is 2.68. The minimum Gasteiger partial charge on any atom is -0.377 e. The molecule has 0 bridgehead atoms. The van der Waals surface area contributed by atoms with Gasteiger partial charge >= 0.3 is 0 Å². The summed E-state index contributed by atoms with van der Waals surface area (Å²) >= 11 is 0. The molecule has 1 aromatic heterocycles. The van der Waals surface area contributed by atoms with E-state index in [4.69, 9.17) is 4.74 Å². The van der Waals surface area contributed by atoms with E-state index in [0.717, 1.165) is 26.1 Å². The summed E-state index contributed by atoms with van der Waals surface area (Å²) in [5.41, 5.74) is 5.93. The van der Waals surface area contributed by atoms with E-state index in [1.54, 1.807) is 5.56 Å². The highest BCUT2D eigenvalue weighted by molar-refractivity contribution is 5.44. The highest BCUT2D eigenvalue weighted by atomic mass is 16.5. The Morgan fingerprint density at radius 3 is 2.75 bits per heavy atom. The van der Waals surface area contributed by atoms with E-state index < -0.39 is 0 Å². The predicted octanol–water partition coefficient (Wildman–Crippen LogP) is 3.35. The number of hydrogen-bond acceptors (Lipinski definition) is 3. The van der Waals surface area contributed by atoms with Crippen LogP contribution in [0.4, 0.5) is 0 Å². The van der Waals surface area contributed by atoms with Crippen molar-refractivity contribution in [1.82, 2.24) is 14.7 Å². The van der Waals surface area contributed by atoms with Crippen LogP contribution in [0.2, 0.25) is 0 Å². The highest BCUT2D eigenvalue weighted by Gasteiger charge is 2.45. The number of fused-ring (bicyclic) bond motifs is 2. The van der Waals surface area contributed by atoms with Gasteiger partial charge in [0.05, 0.1) is 12.3 Å². The molecule has 2 heterocycles. The Kier molecular flexibility index (Phi) is 3.97. The zero-order valence-corrected chi connectivity index (χ0v) is 15.0. The van der Waals surface area contributed by atoms with Crippen molar-refractivity contribution in [3.05, 3.63) is 52.8 Å². The molecule has 128 valence electrons. The Morgan fingerprint density at radius 2 is 2.08 bits per heavy atom. The van der Waals surface area contributed by atoms with Crippen LogP contribution < -0.4 is 0 Å². The summed E-state index contributed by atoms with van der Waals surface area (Å²) in [6.07, 6.45) is 7.97. The second-order valence-corrected chi connectivity index (χ2v) is 7.60. The largest absolute Gasteiger partial charge is 0.377 e. The fourth-order valence-corrected chi connectivity index (χ4v) is 4.64. The fourth-order valence-electron chi connectivity index (χ4n) is 4.64. The van der Waals surface area contributed by atoms with Crippen LogP contribution in [0.1, 0.15) is 47.6 Å².